The monoisotopic (exact) mass is 290 g/mol. The van der Waals surface area contributed by atoms with Crippen LogP contribution in [0.15, 0.2) is 11.4 Å². The van der Waals surface area contributed by atoms with Crippen LogP contribution in [0.25, 0.3) is 0 Å². The summed E-state index contributed by atoms with van der Waals surface area (Å²) in [6.45, 7) is 1.63. The summed E-state index contributed by atoms with van der Waals surface area (Å²) in [5, 5.41) is 5.14. The van der Waals surface area contributed by atoms with Gasteiger partial charge in [0.15, 0.2) is 0 Å². The maximum Gasteiger partial charge on any atom is 0.267 e. The van der Waals surface area contributed by atoms with Gasteiger partial charge in [0.05, 0.1) is 7.11 Å². The average Bonchev–Trinajstić information content (AvgIpc) is 2.86. The lowest BCUT2D eigenvalue weighted by atomic mass is 10.1. The zero-order valence-electron chi connectivity index (χ0n) is 10.6. The Bertz CT molecular complexity index is 397. The number of rotatable bonds is 3. The Kier molecular flexibility index (Phi) is 5.91. The molecule has 4 nitrogen and oxygen atoms in total. The number of thiophene rings is 1. The number of hydrogen-bond acceptors (Lipinski definition) is 4. The van der Waals surface area contributed by atoms with Crippen LogP contribution in [0.3, 0.4) is 0 Å². The third-order valence-corrected chi connectivity index (χ3v) is 4.04. The van der Waals surface area contributed by atoms with Crippen molar-refractivity contribution in [2.45, 2.75) is 18.9 Å². The molecule has 2 heterocycles. The maximum absolute atomic E-state index is 12.3. The Morgan fingerprint density at radius 3 is 3.06 bits per heavy atom. The van der Waals surface area contributed by atoms with Gasteiger partial charge in [0.2, 0.25) is 0 Å². The first-order valence-corrected chi connectivity index (χ1v) is 6.72. The lowest BCUT2D eigenvalue weighted by molar-refractivity contribution is 0.0700. The molecule has 0 aromatic carbocycles. The summed E-state index contributed by atoms with van der Waals surface area (Å²) in [7, 11) is 3.55. The van der Waals surface area contributed by atoms with Crippen molar-refractivity contribution in [3.05, 3.63) is 16.3 Å². The van der Waals surface area contributed by atoms with Gasteiger partial charge in [-0.3, -0.25) is 4.79 Å². The van der Waals surface area contributed by atoms with Crippen LogP contribution in [-0.4, -0.2) is 44.1 Å². The van der Waals surface area contributed by atoms with Crippen LogP contribution < -0.4 is 10.1 Å². The molecule has 1 unspecified atom stereocenters. The number of likely N-dealkylation sites (tertiary alicyclic amines) is 1. The highest BCUT2D eigenvalue weighted by Crippen LogP contribution is 2.27. The highest BCUT2D eigenvalue weighted by Gasteiger charge is 2.26. The van der Waals surface area contributed by atoms with Crippen LogP contribution in [0, 0.1) is 0 Å². The van der Waals surface area contributed by atoms with E-state index in [0.717, 1.165) is 25.9 Å². The molecule has 0 bridgehead atoms. The first-order valence-electron chi connectivity index (χ1n) is 5.84. The van der Waals surface area contributed by atoms with E-state index in [1.54, 1.807) is 7.11 Å². The number of nitrogens with one attached hydrogen (secondary N) is 1. The lowest BCUT2D eigenvalue weighted by Crippen LogP contribution is -2.46. The SMILES string of the molecule is CNC1CCCN(C(=O)c2sccc2OC)C1.Cl. The summed E-state index contributed by atoms with van der Waals surface area (Å²) in [4.78, 5) is 15.0. The van der Waals surface area contributed by atoms with Gasteiger partial charge in [-0.2, -0.15) is 0 Å². The quantitative estimate of drug-likeness (QED) is 0.926. The van der Waals surface area contributed by atoms with Crippen molar-refractivity contribution in [3.8, 4) is 5.75 Å². The number of carbonyl (C=O) groups excluding carboxylic acids is 1. The van der Waals surface area contributed by atoms with Crippen molar-refractivity contribution in [1.29, 1.82) is 0 Å². The summed E-state index contributed by atoms with van der Waals surface area (Å²) in [6.07, 6.45) is 2.20. The van der Waals surface area contributed by atoms with Gasteiger partial charge in [-0.25, -0.2) is 0 Å². The van der Waals surface area contributed by atoms with Gasteiger partial charge in [-0.15, -0.1) is 23.7 Å². The zero-order chi connectivity index (χ0) is 12.3. The smallest absolute Gasteiger partial charge is 0.267 e. The highest BCUT2D eigenvalue weighted by atomic mass is 35.5. The lowest BCUT2D eigenvalue weighted by Gasteiger charge is -2.32. The second-order valence-corrected chi connectivity index (χ2v) is 5.11. The molecule has 0 saturated carbocycles. The Labute approximate surface area is 118 Å². The van der Waals surface area contributed by atoms with Gasteiger partial charge in [0, 0.05) is 19.1 Å². The van der Waals surface area contributed by atoms with Gasteiger partial charge in [0.1, 0.15) is 10.6 Å². The Morgan fingerprint density at radius 1 is 1.61 bits per heavy atom. The van der Waals surface area contributed by atoms with Gasteiger partial charge in [-0.05, 0) is 31.3 Å². The van der Waals surface area contributed by atoms with E-state index < -0.39 is 0 Å². The molecule has 18 heavy (non-hydrogen) atoms. The second kappa shape index (κ2) is 6.97. The van der Waals surface area contributed by atoms with Crippen molar-refractivity contribution in [2.75, 3.05) is 27.2 Å². The maximum atomic E-state index is 12.3. The van der Waals surface area contributed by atoms with Crippen molar-refractivity contribution >= 4 is 29.7 Å². The van der Waals surface area contributed by atoms with Crippen LogP contribution in [0.5, 0.6) is 5.75 Å². The van der Waals surface area contributed by atoms with Gasteiger partial charge in [-0.1, -0.05) is 0 Å². The molecule has 0 radical (unpaired) electrons. The van der Waals surface area contributed by atoms with E-state index in [0.29, 0.717) is 16.7 Å². The Hall–Kier alpha value is -0.780. The third kappa shape index (κ3) is 3.16. The first kappa shape index (κ1) is 15.3. The normalized spacial score (nSPS) is 19.2. The minimum atomic E-state index is 0. The molecule has 1 fully saturated rings. The van der Waals surface area contributed by atoms with E-state index in [4.69, 9.17) is 4.74 Å². The van der Waals surface area contributed by atoms with Crippen LogP contribution in [0.2, 0.25) is 0 Å². The van der Waals surface area contributed by atoms with Crippen LogP contribution in [0.1, 0.15) is 22.5 Å². The number of hydrogen-bond donors (Lipinski definition) is 1. The first-order chi connectivity index (χ1) is 8.26. The van der Waals surface area contributed by atoms with E-state index in [2.05, 4.69) is 5.32 Å². The number of ether oxygens (including phenoxy) is 1. The fraction of sp³-hybridized carbons (Fsp3) is 0.583. The minimum Gasteiger partial charge on any atom is -0.495 e. The summed E-state index contributed by atoms with van der Waals surface area (Å²) in [5.74, 6) is 0.781. The molecule has 1 amide bonds. The summed E-state index contributed by atoms with van der Waals surface area (Å²) in [5.41, 5.74) is 0. The van der Waals surface area contributed by atoms with Crippen LogP contribution in [0.4, 0.5) is 0 Å². The number of amides is 1. The number of methoxy groups -OCH3 is 1. The van der Waals surface area contributed by atoms with E-state index in [1.165, 1.54) is 11.3 Å². The number of carbonyl (C=O) groups is 1. The fourth-order valence-electron chi connectivity index (χ4n) is 2.16. The Morgan fingerprint density at radius 2 is 2.39 bits per heavy atom. The zero-order valence-corrected chi connectivity index (χ0v) is 12.3. The largest absolute Gasteiger partial charge is 0.495 e. The Balaban J connectivity index is 0.00000162. The van der Waals surface area contributed by atoms with Gasteiger partial charge < -0.3 is 15.0 Å². The number of nitrogens with zero attached hydrogens (tertiary/aromatic N) is 1. The predicted octanol–water partition coefficient (Wildman–Crippen LogP) is 2.00. The topological polar surface area (TPSA) is 41.6 Å². The number of likely N-dealkylation sites (N-methyl/N-ethyl adjacent to an activating group) is 1. The van der Waals surface area contributed by atoms with E-state index in [9.17, 15) is 4.79 Å². The number of halogens is 1. The van der Waals surface area contributed by atoms with E-state index in [1.807, 2.05) is 23.4 Å². The van der Waals surface area contributed by atoms with E-state index in [-0.39, 0.29) is 18.3 Å². The molecule has 1 aliphatic rings. The molecule has 1 aliphatic heterocycles. The molecule has 1 N–H and O–H groups in total. The van der Waals surface area contributed by atoms with E-state index >= 15 is 0 Å². The van der Waals surface area contributed by atoms with Crippen molar-refractivity contribution in [3.63, 3.8) is 0 Å². The predicted molar refractivity (Wildman–Crippen MR) is 76.1 cm³/mol. The molecule has 6 heteroatoms. The molecule has 1 saturated heterocycles. The van der Waals surface area contributed by atoms with Crippen LogP contribution >= 0.6 is 23.7 Å². The van der Waals surface area contributed by atoms with Crippen molar-refractivity contribution in [1.82, 2.24) is 10.2 Å². The number of piperidine rings is 1. The molecule has 2 rings (SSSR count). The standard InChI is InChI=1S/C12H18N2O2S.ClH/c1-13-9-4-3-6-14(8-9)12(15)11-10(16-2)5-7-17-11;/h5,7,9,13H,3-4,6,8H2,1-2H3;1H. The van der Waals surface area contributed by atoms with Crippen molar-refractivity contribution < 1.29 is 9.53 Å². The highest BCUT2D eigenvalue weighted by molar-refractivity contribution is 7.12. The van der Waals surface area contributed by atoms with Crippen molar-refractivity contribution in [2.24, 2.45) is 0 Å². The molecule has 1 aromatic rings. The average molecular weight is 291 g/mol. The van der Waals surface area contributed by atoms with Gasteiger partial charge in [0.25, 0.3) is 5.91 Å². The molecular formula is C12H19ClN2O2S. The summed E-state index contributed by atoms with van der Waals surface area (Å²) in [6, 6.07) is 2.26. The van der Waals surface area contributed by atoms with Crippen LogP contribution in [-0.2, 0) is 0 Å². The van der Waals surface area contributed by atoms with Gasteiger partial charge >= 0.3 is 0 Å². The molecule has 102 valence electrons. The third-order valence-electron chi connectivity index (χ3n) is 3.16. The molecule has 1 aromatic heterocycles. The minimum absolute atomic E-state index is 0. The summed E-state index contributed by atoms with van der Waals surface area (Å²) < 4.78 is 5.20. The molecule has 0 spiro atoms. The molecule has 1 atom stereocenters. The molecular weight excluding hydrogens is 272 g/mol. The molecule has 0 aliphatic carbocycles. The second-order valence-electron chi connectivity index (χ2n) is 4.20. The fourth-order valence-corrected chi connectivity index (χ4v) is 2.98. The summed E-state index contributed by atoms with van der Waals surface area (Å²) >= 11 is 1.45.